The van der Waals surface area contributed by atoms with Crippen molar-refractivity contribution in [2.75, 3.05) is 0 Å². The SMILES string of the molecule is CC(=O)c1cc[c-]c(-c2cccc(C(C)(C)c3cccc(-c4[c-]ccc(C(C)=O)c4)n3)n2)c1.[Pt+2]. The maximum absolute atomic E-state index is 11.8. The predicted molar refractivity (Wildman–Crippen MR) is 129 cm³/mol. The number of rotatable bonds is 6. The molecular formula is C29H24N2O2Pt. The molecular weight excluding hydrogens is 603 g/mol. The van der Waals surface area contributed by atoms with Gasteiger partial charge in [-0.05, 0) is 51.2 Å². The van der Waals surface area contributed by atoms with Crippen LogP contribution in [0.3, 0.4) is 0 Å². The summed E-state index contributed by atoms with van der Waals surface area (Å²) in [5, 5.41) is 0. The van der Waals surface area contributed by atoms with Crippen LogP contribution in [-0.2, 0) is 26.5 Å². The molecule has 0 aliphatic heterocycles. The van der Waals surface area contributed by atoms with E-state index in [-0.39, 0.29) is 32.6 Å². The Balaban J connectivity index is 0.00000324. The fourth-order valence-electron chi connectivity index (χ4n) is 3.66. The van der Waals surface area contributed by atoms with Crippen molar-refractivity contribution in [3.63, 3.8) is 0 Å². The van der Waals surface area contributed by atoms with Gasteiger partial charge in [-0.15, -0.1) is 59.7 Å². The summed E-state index contributed by atoms with van der Waals surface area (Å²) in [4.78, 5) is 33.4. The van der Waals surface area contributed by atoms with Gasteiger partial charge in [0.25, 0.3) is 0 Å². The Kier molecular flexibility index (Phi) is 7.74. The van der Waals surface area contributed by atoms with Crippen LogP contribution >= 0.6 is 0 Å². The van der Waals surface area contributed by atoms with Gasteiger partial charge in [-0.3, -0.25) is 9.59 Å². The van der Waals surface area contributed by atoms with Gasteiger partial charge in [0, 0.05) is 16.8 Å². The third-order valence-corrected chi connectivity index (χ3v) is 5.75. The molecule has 2 aromatic heterocycles. The van der Waals surface area contributed by atoms with Crippen molar-refractivity contribution < 1.29 is 30.7 Å². The van der Waals surface area contributed by atoms with Gasteiger partial charge in [0.05, 0.1) is 0 Å². The first-order chi connectivity index (χ1) is 15.8. The standard InChI is InChI=1S/C29H24N2O2.Pt/c1-19(32)21-9-5-11-23(17-21)25-13-7-15-27(30-25)29(3,4)28-16-8-14-26(31-28)24-12-6-10-22(18-24)20(2)33;/h5-10,13-18H,1-4H3;/q-2;+2. The number of carbonyl (C=O) groups excluding carboxylic acids is 2. The van der Waals surface area contributed by atoms with Crippen LogP contribution < -0.4 is 0 Å². The zero-order valence-electron chi connectivity index (χ0n) is 19.5. The van der Waals surface area contributed by atoms with E-state index in [1.54, 1.807) is 38.1 Å². The van der Waals surface area contributed by atoms with E-state index >= 15 is 0 Å². The molecule has 0 amide bonds. The summed E-state index contributed by atoms with van der Waals surface area (Å²) in [5.41, 5.74) is 5.55. The summed E-state index contributed by atoms with van der Waals surface area (Å²) in [6.07, 6.45) is 0. The van der Waals surface area contributed by atoms with Crippen LogP contribution in [0, 0.1) is 12.1 Å². The Morgan fingerprint density at radius 3 is 1.50 bits per heavy atom. The number of ketones is 2. The maximum atomic E-state index is 11.8. The van der Waals surface area contributed by atoms with Gasteiger partial charge in [0.2, 0.25) is 0 Å². The quantitative estimate of drug-likeness (QED) is 0.191. The van der Waals surface area contributed by atoms with E-state index in [1.165, 1.54) is 0 Å². The minimum absolute atomic E-state index is 0. The summed E-state index contributed by atoms with van der Waals surface area (Å²) in [5.74, 6) is 0.0155. The van der Waals surface area contributed by atoms with E-state index in [2.05, 4.69) is 26.0 Å². The Labute approximate surface area is 214 Å². The fourth-order valence-corrected chi connectivity index (χ4v) is 3.66. The number of aromatic nitrogens is 2. The number of pyridine rings is 2. The molecule has 0 aliphatic rings. The smallest absolute Gasteiger partial charge is 0.300 e. The van der Waals surface area contributed by atoms with E-state index in [9.17, 15) is 9.59 Å². The second kappa shape index (κ2) is 10.4. The summed E-state index contributed by atoms with van der Waals surface area (Å²) >= 11 is 0. The van der Waals surface area contributed by atoms with Crippen LogP contribution in [0.5, 0.6) is 0 Å². The Hall–Kier alpha value is -3.23. The average Bonchev–Trinajstić information content (AvgIpc) is 2.84. The van der Waals surface area contributed by atoms with Crippen LogP contribution in [0.1, 0.15) is 59.8 Å². The third-order valence-electron chi connectivity index (χ3n) is 5.75. The molecule has 0 bridgehead atoms. The maximum Gasteiger partial charge on any atom is 2.00 e. The Bertz CT molecular complexity index is 1260. The number of benzene rings is 2. The number of carbonyl (C=O) groups is 2. The molecule has 0 unspecified atom stereocenters. The van der Waals surface area contributed by atoms with E-state index in [0.29, 0.717) is 11.1 Å². The number of nitrogens with zero attached hydrogens (tertiary/aromatic N) is 2. The molecule has 0 aliphatic carbocycles. The predicted octanol–water partition coefficient (Wildman–Crippen LogP) is 6.14. The molecule has 4 rings (SSSR count). The Morgan fingerprint density at radius 1 is 0.706 bits per heavy atom. The van der Waals surface area contributed by atoms with Crippen LogP contribution in [0.2, 0.25) is 0 Å². The molecule has 0 fully saturated rings. The van der Waals surface area contributed by atoms with Crippen molar-refractivity contribution in [2.24, 2.45) is 0 Å². The second-order valence-electron chi connectivity index (χ2n) is 8.54. The van der Waals surface area contributed by atoms with Crippen molar-refractivity contribution in [1.82, 2.24) is 9.97 Å². The fraction of sp³-hybridized carbons (Fsp3) is 0.172. The molecule has 2 aromatic carbocycles. The normalized spacial score (nSPS) is 10.9. The minimum Gasteiger partial charge on any atom is -0.300 e. The molecule has 172 valence electrons. The third kappa shape index (κ3) is 5.29. The van der Waals surface area contributed by atoms with Crippen molar-refractivity contribution in [3.05, 3.63) is 107 Å². The van der Waals surface area contributed by atoms with Crippen LogP contribution in [-0.4, -0.2) is 21.5 Å². The van der Waals surface area contributed by atoms with Crippen molar-refractivity contribution in [2.45, 2.75) is 33.1 Å². The molecule has 4 aromatic rings. The van der Waals surface area contributed by atoms with Gasteiger partial charge in [-0.1, -0.05) is 35.4 Å². The first-order valence-corrected chi connectivity index (χ1v) is 10.8. The number of hydrogen-bond donors (Lipinski definition) is 0. The summed E-state index contributed by atoms with van der Waals surface area (Å²) < 4.78 is 0. The monoisotopic (exact) mass is 627 g/mol. The summed E-state index contributed by atoms with van der Waals surface area (Å²) in [6, 6.07) is 28.7. The molecule has 0 spiro atoms. The van der Waals surface area contributed by atoms with Gasteiger partial charge >= 0.3 is 21.1 Å². The second-order valence-corrected chi connectivity index (χ2v) is 8.54. The van der Waals surface area contributed by atoms with Gasteiger partial charge < -0.3 is 9.97 Å². The van der Waals surface area contributed by atoms with Crippen molar-refractivity contribution in [1.29, 1.82) is 0 Å². The molecule has 0 saturated heterocycles. The first kappa shape index (κ1) is 25.4. The molecule has 0 radical (unpaired) electrons. The molecule has 0 atom stereocenters. The number of Topliss-reactive ketones (excluding diaryl/α,β-unsaturated/α-hetero) is 2. The zero-order chi connectivity index (χ0) is 23.6. The summed E-state index contributed by atoms with van der Waals surface area (Å²) in [7, 11) is 0. The summed E-state index contributed by atoms with van der Waals surface area (Å²) in [6.45, 7) is 7.26. The van der Waals surface area contributed by atoms with E-state index in [0.717, 1.165) is 33.9 Å². The average molecular weight is 628 g/mol. The van der Waals surface area contributed by atoms with Gasteiger partial charge in [-0.25, -0.2) is 0 Å². The Morgan fingerprint density at radius 2 is 1.12 bits per heavy atom. The number of hydrogen-bond acceptors (Lipinski definition) is 4. The van der Waals surface area contributed by atoms with E-state index in [4.69, 9.17) is 9.97 Å². The first-order valence-electron chi connectivity index (χ1n) is 10.8. The minimum atomic E-state index is -0.484. The molecule has 4 nitrogen and oxygen atoms in total. The molecule has 5 heteroatoms. The molecule has 2 heterocycles. The van der Waals surface area contributed by atoms with Gasteiger partial charge in [0.1, 0.15) is 11.6 Å². The van der Waals surface area contributed by atoms with E-state index in [1.807, 2.05) is 48.5 Å². The van der Waals surface area contributed by atoms with Crippen LogP contribution in [0.25, 0.3) is 22.5 Å². The topological polar surface area (TPSA) is 59.9 Å². The molecule has 0 N–H and O–H groups in total. The molecule has 34 heavy (non-hydrogen) atoms. The van der Waals surface area contributed by atoms with Crippen LogP contribution in [0.4, 0.5) is 0 Å². The van der Waals surface area contributed by atoms with Crippen molar-refractivity contribution >= 4 is 11.6 Å². The largest absolute Gasteiger partial charge is 2.00 e. The zero-order valence-corrected chi connectivity index (χ0v) is 21.7. The van der Waals surface area contributed by atoms with Gasteiger partial charge in [0.15, 0.2) is 0 Å². The van der Waals surface area contributed by atoms with E-state index < -0.39 is 5.41 Å². The van der Waals surface area contributed by atoms with Crippen molar-refractivity contribution in [3.8, 4) is 22.5 Å². The van der Waals surface area contributed by atoms with Gasteiger partial charge in [-0.2, -0.15) is 0 Å². The van der Waals surface area contributed by atoms with Crippen LogP contribution in [0.15, 0.2) is 72.8 Å². The molecule has 0 saturated carbocycles.